The minimum absolute atomic E-state index is 0.0108. The first-order valence-electron chi connectivity index (χ1n) is 38.9. The summed E-state index contributed by atoms with van der Waals surface area (Å²) in [5, 5.41) is 22.4. The molecule has 0 radical (unpaired) electrons. The number of fused-ring (bicyclic) bond motifs is 3. The molecular formula is C80H101BClI2N19O14S3. The summed E-state index contributed by atoms with van der Waals surface area (Å²) in [7, 11) is -8.11. The molecule has 3 amide bonds. The maximum atomic E-state index is 13.9. The van der Waals surface area contributed by atoms with Crippen molar-refractivity contribution < 1.29 is 63.2 Å². The number of carbonyl (C=O) groups excluding carboxylic acids is 3. The third-order valence-corrected chi connectivity index (χ3v) is 27.4. The maximum Gasteiger partial charge on any atom is 0.498 e. The van der Waals surface area contributed by atoms with Crippen LogP contribution in [0.15, 0.2) is 168 Å². The number of anilines is 2. The van der Waals surface area contributed by atoms with E-state index in [0.717, 1.165) is 44.2 Å². The standard InChI is InChI=1S/C26H31N7O4S.C22H26IN5O4S.C12H7ClIN3O2S.C10H17BN2O2.C10H20N2O2/c1-26(2,3)37-25(34)30-19-10-12-32(13-11-19)23-21-14-22(18-15-29-31(4)16-18)33(24(21)28-17-27-23)38(35,36)20-8-6-5-7-9-20;1-22(2,3)32-21(29)26-15-9-11-27(12-10-15)19-17-13-18(23)28(20(17)25-14-24-19)33(30,31)16-7-5-4-6-8-16;13-11-9-6-10(14)17(12(9)16-7-15-11)20(18,19)8-4-2-1-3-5-8;1-9(2)10(3,4)15-11(14-9)8-6-12-13(5)7-8;1-10(2,3)14-9(13)12-8-4-6-11-7-5-8/h5-9,14-17,19H,10-13H2,1-4H3,(H,30,34);4-8,13-15H,9-12H2,1-3H3,(H,26,29);1-7H;6-7H,1-5H3;8,11H,4-7H2,1-3H3,(H,12,13). The Bertz CT molecular complexity index is 5770. The molecule has 642 valence electrons. The lowest BCUT2D eigenvalue weighted by Crippen LogP contribution is -2.46. The van der Waals surface area contributed by atoms with E-state index in [0.29, 0.717) is 96.8 Å². The van der Waals surface area contributed by atoms with E-state index in [4.69, 9.17) is 35.1 Å². The van der Waals surface area contributed by atoms with Gasteiger partial charge in [0.2, 0.25) is 0 Å². The van der Waals surface area contributed by atoms with E-state index in [9.17, 15) is 39.6 Å². The number of amides is 3. The van der Waals surface area contributed by atoms with Crippen LogP contribution in [0, 0.1) is 7.40 Å². The second-order valence-corrected chi connectivity index (χ2v) is 40.8. The van der Waals surface area contributed by atoms with Crippen LogP contribution in [0.4, 0.5) is 26.0 Å². The van der Waals surface area contributed by atoms with E-state index in [-0.39, 0.29) is 68.0 Å². The number of aromatic nitrogens is 13. The fraction of sp³-hybridized carbons (Fsp3) is 0.438. The summed E-state index contributed by atoms with van der Waals surface area (Å²) in [6.45, 7) is 29.3. The molecule has 120 heavy (non-hydrogen) atoms. The predicted molar refractivity (Wildman–Crippen MR) is 476 cm³/mol. The first kappa shape index (κ1) is 91.6. The molecule has 40 heteroatoms. The van der Waals surface area contributed by atoms with Crippen LogP contribution in [0.3, 0.4) is 0 Å². The Labute approximate surface area is 731 Å². The molecule has 4 aliphatic rings. The number of alkyl carbamates (subject to hydrolysis) is 3. The smallest absolute Gasteiger partial charge is 0.444 e. The van der Waals surface area contributed by atoms with Crippen molar-refractivity contribution in [1.82, 2.24) is 82.6 Å². The summed E-state index contributed by atoms with van der Waals surface area (Å²) in [6, 6.07) is 30.3. The Kier molecular flexibility index (Phi) is 28.8. The summed E-state index contributed by atoms with van der Waals surface area (Å²) < 4.78 is 115. The highest BCUT2D eigenvalue weighted by molar-refractivity contribution is 14.1. The lowest BCUT2D eigenvalue weighted by atomic mass is 9.82. The van der Waals surface area contributed by atoms with Crippen molar-refractivity contribution in [3.63, 3.8) is 0 Å². The Morgan fingerprint density at radius 3 is 1.23 bits per heavy atom. The average Bonchev–Trinajstić information content (AvgIpc) is 1.57. The monoisotopic (exact) mass is 1950 g/mol. The van der Waals surface area contributed by atoms with Crippen molar-refractivity contribution in [1.29, 1.82) is 0 Å². The number of hydrogen-bond acceptors (Lipinski definition) is 25. The Morgan fingerprint density at radius 1 is 0.492 bits per heavy atom. The third kappa shape index (κ3) is 22.6. The quantitative estimate of drug-likeness (QED) is 0.0360. The average molecular weight is 1950 g/mol. The minimum atomic E-state index is -3.97. The van der Waals surface area contributed by atoms with Crippen LogP contribution in [0.5, 0.6) is 0 Å². The first-order valence-corrected chi connectivity index (χ1v) is 45.8. The van der Waals surface area contributed by atoms with Crippen molar-refractivity contribution >= 4 is 162 Å². The molecule has 0 bridgehead atoms. The zero-order valence-electron chi connectivity index (χ0n) is 69.5. The van der Waals surface area contributed by atoms with Crippen molar-refractivity contribution in [3.8, 4) is 11.3 Å². The molecule has 3 aromatic carbocycles. The number of nitrogens with one attached hydrogen (secondary N) is 4. The van der Waals surface area contributed by atoms with Crippen molar-refractivity contribution in [2.45, 2.75) is 189 Å². The molecule has 0 aliphatic carbocycles. The van der Waals surface area contributed by atoms with Gasteiger partial charge >= 0.3 is 25.4 Å². The van der Waals surface area contributed by atoms with E-state index in [2.05, 4.69) is 71.2 Å². The predicted octanol–water partition coefficient (Wildman–Crippen LogP) is 12.2. The molecule has 0 saturated carbocycles. The van der Waals surface area contributed by atoms with E-state index in [1.807, 2.05) is 155 Å². The number of carbonyl (C=O) groups is 3. The second kappa shape index (κ2) is 37.7. The summed E-state index contributed by atoms with van der Waals surface area (Å²) in [6.07, 6.45) is 14.8. The van der Waals surface area contributed by atoms with Crippen molar-refractivity contribution in [2.24, 2.45) is 14.1 Å². The van der Waals surface area contributed by atoms with Gasteiger partial charge in [0.25, 0.3) is 30.1 Å². The van der Waals surface area contributed by atoms with Gasteiger partial charge in [0.1, 0.15) is 52.6 Å². The van der Waals surface area contributed by atoms with Gasteiger partial charge in [-0.2, -0.15) is 10.2 Å². The maximum absolute atomic E-state index is 13.9. The molecular weight excluding hydrogens is 1850 g/mol. The lowest BCUT2D eigenvalue weighted by Gasteiger charge is -2.33. The van der Waals surface area contributed by atoms with Crippen LogP contribution < -0.4 is 36.5 Å². The van der Waals surface area contributed by atoms with Gasteiger partial charge in [-0.25, -0.2) is 81.5 Å². The van der Waals surface area contributed by atoms with Crippen molar-refractivity contribution in [2.75, 3.05) is 49.1 Å². The molecule has 15 rings (SSSR count). The molecule has 4 fully saturated rings. The highest BCUT2D eigenvalue weighted by Crippen LogP contribution is 2.39. The Morgan fingerprint density at radius 2 is 0.842 bits per heavy atom. The van der Waals surface area contributed by atoms with E-state index in [1.54, 1.807) is 138 Å². The topological polar surface area (TPSA) is 382 Å². The summed E-state index contributed by atoms with van der Waals surface area (Å²) >= 11 is 9.93. The van der Waals surface area contributed by atoms with Gasteiger partial charge in [0.15, 0.2) is 16.9 Å². The highest BCUT2D eigenvalue weighted by atomic mass is 127. The molecule has 8 aromatic heterocycles. The number of rotatable bonds is 13. The van der Waals surface area contributed by atoms with Gasteiger partial charge in [-0.3, -0.25) is 9.36 Å². The number of nitrogens with zero attached hydrogens (tertiary/aromatic N) is 15. The van der Waals surface area contributed by atoms with Crippen LogP contribution in [-0.4, -0.2) is 197 Å². The van der Waals surface area contributed by atoms with E-state index >= 15 is 0 Å². The van der Waals surface area contributed by atoms with Crippen LogP contribution in [0.25, 0.3) is 44.4 Å². The summed E-state index contributed by atoms with van der Waals surface area (Å²) in [5.74, 6) is 1.34. The largest absolute Gasteiger partial charge is 0.498 e. The van der Waals surface area contributed by atoms with Crippen LogP contribution >= 0.6 is 56.8 Å². The molecule has 4 aliphatic heterocycles. The number of halogens is 3. The molecule has 12 heterocycles. The number of hydrogen-bond donors (Lipinski definition) is 4. The number of aryl methyl sites for hydroxylation is 2. The fourth-order valence-corrected chi connectivity index (χ4v) is 20.4. The van der Waals surface area contributed by atoms with Gasteiger partial charge in [-0.15, -0.1) is 0 Å². The SMILES string of the molecule is CC(C)(C)OC(=O)NC1CCN(c2ncnc3c2cc(I)n3S(=O)(=O)c2ccccc2)CC1.CC(C)(C)OC(=O)NC1CCNCC1.Cn1cc(-c2cc3c(N4CCC(NC(=O)OC(C)(C)C)CC4)ncnc3n2S(=O)(=O)c2ccccc2)cn1.Cn1cc(B2OC(C)(C)C(C)(C)O2)cn1.O=S(=O)(c1ccccc1)n1c(I)cc2c(Cl)ncnc21. The van der Waals surface area contributed by atoms with Crippen molar-refractivity contribution in [3.05, 3.63) is 166 Å². The normalized spacial score (nSPS) is 16.2. The highest BCUT2D eigenvalue weighted by Gasteiger charge is 2.52. The number of benzene rings is 3. The summed E-state index contributed by atoms with van der Waals surface area (Å²) in [4.78, 5) is 66.1. The van der Waals surface area contributed by atoms with E-state index in [1.165, 1.54) is 30.9 Å². The van der Waals surface area contributed by atoms with Crippen LogP contribution in [0.1, 0.15) is 129 Å². The van der Waals surface area contributed by atoms with Gasteiger partial charge in [-0.05, 0) is 241 Å². The fourth-order valence-electron chi connectivity index (χ4n) is 13.3. The van der Waals surface area contributed by atoms with Gasteiger partial charge in [-0.1, -0.05) is 66.2 Å². The molecule has 11 aromatic rings. The molecule has 0 atom stereocenters. The second-order valence-electron chi connectivity index (χ2n) is 32.9. The number of piperidine rings is 3. The Hall–Kier alpha value is -9.11. The summed E-state index contributed by atoms with van der Waals surface area (Å²) in [5.41, 5.74) is 0.927. The van der Waals surface area contributed by atoms with Crippen LogP contribution in [0.2, 0.25) is 5.15 Å². The Balaban J connectivity index is 0.000000155. The van der Waals surface area contributed by atoms with E-state index < -0.39 is 59.1 Å². The van der Waals surface area contributed by atoms with Gasteiger partial charge in [0, 0.05) is 88.0 Å². The zero-order chi connectivity index (χ0) is 87.1. The molecule has 33 nitrogen and oxygen atoms in total. The lowest BCUT2D eigenvalue weighted by molar-refractivity contribution is 0.00578. The van der Waals surface area contributed by atoms with Gasteiger partial charge in [0.05, 0.1) is 61.3 Å². The number of ether oxygens (including phenoxy) is 3. The zero-order valence-corrected chi connectivity index (χ0v) is 77.0. The molecule has 0 spiro atoms. The third-order valence-electron chi connectivity index (χ3n) is 19.7. The minimum Gasteiger partial charge on any atom is -0.444 e. The van der Waals surface area contributed by atoms with Gasteiger partial charge < -0.3 is 54.6 Å². The molecule has 0 unspecified atom stereocenters. The first-order chi connectivity index (χ1) is 56.4. The molecule has 4 saturated heterocycles. The van der Waals surface area contributed by atoms with Crippen LogP contribution in [-0.2, 0) is 67.7 Å². The molecule has 4 N–H and O–H groups in total.